The highest BCUT2D eigenvalue weighted by Crippen LogP contribution is 2.22. The molecular weight excluding hydrogens is 257 g/mol. The zero-order valence-corrected chi connectivity index (χ0v) is 10.2. The summed E-state index contributed by atoms with van der Waals surface area (Å²) in [7, 11) is 1.36. The molecule has 2 aromatic rings. The molecule has 18 heavy (non-hydrogen) atoms. The molecule has 0 radical (unpaired) electrons. The molecule has 0 saturated carbocycles. The van der Waals surface area contributed by atoms with Crippen LogP contribution in [-0.2, 0) is 0 Å². The maximum Gasteiger partial charge on any atom is 0.194 e. The molecule has 0 spiro atoms. The van der Waals surface area contributed by atoms with E-state index in [1.807, 2.05) is 0 Å². The quantitative estimate of drug-likeness (QED) is 0.801. The predicted octanol–water partition coefficient (Wildman–Crippen LogP) is 3.11. The molecule has 5 heteroatoms. The van der Waals surface area contributed by atoms with Crippen molar-refractivity contribution < 1.29 is 13.9 Å². The third kappa shape index (κ3) is 2.33. The van der Waals surface area contributed by atoms with Crippen molar-refractivity contribution >= 4 is 17.4 Å². The molecule has 1 aromatic carbocycles. The van der Waals surface area contributed by atoms with E-state index in [0.717, 1.165) is 6.07 Å². The number of carbonyl (C=O) groups is 1. The lowest BCUT2D eigenvalue weighted by atomic mass is 10.0. The van der Waals surface area contributed by atoms with Gasteiger partial charge in [-0.25, -0.2) is 4.39 Å². The molecule has 0 aliphatic carbocycles. The van der Waals surface area contributed by atoms with E-state index in [4.69, 9.17) is 16.3 Å². The Balaban J connectivity index is 2.41. The first kappa shape index (κ1) is 12.5. The Bertz CT molecular complexity index is 601. The van der Waals surface area contributed by atoms with Gasteiger partial charge in [0.25, 0.3) is 0 Å². The third-order valence-corrected chi connectivity index (χ3v) is 2.73. The number of carbonyl (C=O) groups excluding carboxylic acids is 1. The molecule has 0 saturated heterocycles. The molecule has 3 nitrogen and oxygen atoms in total. The highest BCUT2D eigenvalue weighted by molar-refractivity contribution is 6.34. The SMILES string of the molecule is COc1ccc(C(=O)c2ccncc2Cl)cc1F. The van der Waals surface area contributed by atoms with Crippen molar-refractivity contribution in [2.45, 2.75) is 0 Å². The Hall–Kier alpha value is -1.94. The van der Waals surface area contributed by atoms with Gasteiger partial charge in [0.2, 0.25) is 0 Å². The Morgan fingerprint density at radius 1 is 1.39 bits per heavy atom. The van der Waals surface area contributed by atoms with Gasteiger partial charge in [0.05, 0.1) is 12.1 Å². The van der Waals surface area contributed by atoms with E-state index in [0.29, 0.717) is 0 Å². The average molecular weight is 266 g/mol. The molecule has 92 valence electrons. The lowest BCUT2D eigenvalue weighted by molar-refractivity contribution is 0.103. The Kier molecular flexibility index (Phi) is 3.58. The van der Waals surface area contributed by atoms with Gasteiger partial charge >= 0.3 is 0 Å². The number of pyridine rings is 1. The Morgan fingerprint density at radius 3 is 2.78 bits per heavy atom. The fraction of sp³-hybridized carbons (Fsp3) is 0.0769. The lowest BCUT2D eigenvalue weighted by Crippen LogP contribution is -2.03. The minimum atomic E-state index is -0.589. The van der Waals surface area contributed by atoms with Crippen LogP contribution >= 0.6 is 11.6 Å². The molecule has 0 amide bonds. The summed E-state index contributed by atoms with van der Waals surface area (Å²) in [6, 6.07) is 5.50. The van der Waals surface area contributed by atoms with Gasteiger partial charge in [0.15, 0.2) is 17.3 Å². The summed E-state index contributed by atoms with van der Waals surface area (Å²) in [6.45, 7) is 0. The highest BCUT2D eigenvalue weighted by atomic mass is 35.5. The van der Waals surface area contributed by atoms with Gasteiger partial charge in [0, 0.05) is 23.5 Å². The van der Waals surface area contributed by atoms with Gasteiger partial charge in [-0.3, -0.25) is 9.78 Å². The van der Waals surface area contributed by atoms with Crippen molar-refractivity contribution in [1.82, 2.24) is 4.98 Å². The summed E-state index contributed by atoms with van der Waals surface area (Å²) < 4.78 is 18.3. The number of benzene rings is 1. The Morgan fingerprint density at radius 2 is 2.17 bits per heavy atom. The minimum Gasteiger partial charge on any atom is -0.494 e. The molecule has 1 heterocycles. The molecule has 1 aromatic heterocycles. The second-order valence-electron chi connectivity index (χ2n) is 3.53. The number of ether oxygens (including phenoxy) is 1. The summed E-state index contributed by atoms with van der Waals surface area (Å²) in [5.41, 5.74) is 0.498. The van der Waals surface area contributed by atoms with Crippen molar-refractivity contribution in [2.24, 2.45) is 0 Å². The predicted molar refractivity (Wildman–Crippen MR) is 65.6 cm³/mol. The minimum absolute atomic E-state index is 0.0902. The van der Waals surface area contributed by atoms with Gasteiger partial charge in [-0.1, -0.05) is 11.6 Å². The zero-order chi connectivity index (χ0) is 13.1. The third-order valence-electron chi connectivity index (χ3n) is 2.43. The van der Waals surface area contributed by atoms with Crippen molar-refractivity contribution in [3.63, 3.8) is 0 Å². The van der Waals surface area contributed by atoms with Crippen molar-refractivity contribution in [1.29, 1.82) is 0 Å². The summed E-state index contributed by atoms with van der Waals surface area (Å²) in [5, 5.41) is 0.235. The van der Waals surface area contributed by atoms with Gasteiger partial charge < -0.3 is 4.74 Å². The molecule has 0 fully saturated rings. The fourth-order valence-electron chi connectivity index (χ4n) is 1.52. The molecule has 0 unspecified atom stereocenters. The fourth-order valence-corrected chi connectivity index (χ4v) is 1.73. The zero-order valence-electron chi connectivity index (χ0n) is 9.48. The van der Waals surface area contributed by atoms with Crippen LogP contribution in [-0.4, -0.2) is 17.9 Å². The van der Waals surface area contributed by atoms with E-state index in [1.165, 1.54) is 37.7 Å². The number of halogens is 2. The van der Waals surface area contributed by atoms with E-state index in [-0.39, 0.29) is 27.7 Å². The van der Waals surface area contributed by atoms with E-state index in [1.54, 1.807) is 0 Å². The van der Waals surface area contributed by atoms with Crippen molar-refractivity contribution in [3.8, 4) is 5.75 Å². The normalized spacial score (nSPS) is 10.2. The molecule has 0 bridgehead atoms. The van der Waals surface area contributed by atoms with Gasteiger partial charge in [0.1, 0.15) is 0 Å². The largest absolute Gasteiger partial charge is 0.494 e. The van der Waals surface area contributed by atoms with Crippen LogP contribution in [0.15, 0.2) is 36.7 Å². The molecule has 0 N–H and O–H groups in total. The van der Waals surface area contributed by atoms with E-state index in [2.05, 4.69) is 4.98 Å². The van der Waals surface area contributed by atoms with Crippen LogP contribution in [0.3, 0.4) is 0 Å². The second-order valence-corrected chi connectivity index (χ2v) is 3.94. The molecule has 2 rings (SSSR count). The number of methoxy groups -OCH3 is 1. The number of hydrogen-bond donors (Lipinski definition) is 0. The maximum atomic E-state index is 13.5. The van der Waals surface area contributed by atoms with Crippen molar-refractivity contribution in [2.75, 3.05) is 7.11 Å². The molecule has 0 aliphatic rings. The van der Waals surface area contributed by atoms with Crippen molar-refractivity contribution in [3.05, 3.63) is 58.6 Å². The van der Waals surface area contributed by atoms with Crippen LogP contribution in [0.4, 0.5) is 4.39 Å². The standard InChI is InChI=1S/C13H9ClFNO2/c1-18-12-3-2-8(6-11(12)15)13(17)9-4-5-16-7-10(9)14/h2-7H,1H3. The summed E-state index contributed by atoms with van der Waals surface area (Å²) >= 11 is 5.87. The van der Waals surface area contributed by atoms with Gasteiger partial charge in [-0.15, -0.1) is 0 Å². The lowest BCUT2D eigenvalue weighted by Gasteiger charge is -2.05. The number of nitrogens with zero attached hydrogens (tertiary/aromatic N) is 1. The first-order valence-electron chi connectivity index (χ1n) is 5.11. The first-order valence-corrected chi connectivity index (χ1v) is 5.49. The van der Waals surface area contributed by atoms with E-state index < -0.39 is 5.82 Å². The monoisotopic (exact) mass is 265 g/mol. The Labute approximate surface area is 108 Å². The topological polar surface area (TPSA) is 39.2 Å². The van der Waals surface area contributed by atoms with Gasteiger partial charge in [-0.05, 0) is 24.3 Å². The first-order chi connectivity index (χ1) is 8.63. The van der Waals surface area contributed by atoms with Crippen LogP contribution in [0.1, 0.15) is 15.9 Å². The smallest absolute Gasteiger partial charge is 0.194 e. The van der Waals surface area contributed by atoms with E-state index >= 15 is 0 Å². The summed E-state index contributed by atoms with van der Waals surface area (Å²) in [5.74, 6) is -0.857. The number of aromatic nitrogens is 1. The maximum absolute atomic E-state index is 13.5. The molecular formula is C13H9ClFNO2. The van der Waals surface area contributed by atoms with Gasteiger partial charge in [-0.2, -0.15) is 0 Å². The second kappa shape index (κ2) is 5.14. The van der Waals surface area contributed by atoms with E-state index in [9.17, 15) is 9.18 Å². The van der Waals surface area contributed by atoms with Crippen LogP contribution in [0.25, 0.3) is 0 Å². The molecule has 0 atom stereocenters. The van der Waals surface area contributed by atoms with Crippen LogP contribution in [0, 0.1) is 5.82 Å². The number of rotatable bonds is 3. The van der Waals surface area contributed by atoms with Crippen LogP contribution in [0.5, 0.6) is 5.75 Å². The average Bonchev–Trinajstić information content (AvgIpc) is 2.38. The summed E-state index contributed by atoms with van der Waals surface area (Å²) in [6.07, 6.45) is 2.83. The number of hydrogen-bond acceptors (Lipinski definition) is 3. The number of ketones is 1. The van der Waals surface area contributed by atoms with Crippen LogP contribution < -0.4 is 4.74 Å². The highest BCUT2D eigenvalue weighted by Gasteiger charge is 2.14. The molecule has 0 aliphatic heterocycles. The summed E-state index contributed by atoms with van der Waals surface area (Å²) in [4.78, 5) is 15.9. The van der Waals surface area contributed by atoms with Crippen LogP contribution in [0.2, 0.25) is 5.02 Å².